The minimum Gasteiger partial charge on any atom is -0.383 e. The summed E-state index contributed by atoms with van der Waals surface area (Å²) in [6.07, 6.45) is 1.82. The number of nitrogen functional groups attached to an aromatic ring is 1. The number of hydrazine groups is 1. The molecule has 0 aliphatic carbocycles. The Balaban J connectivity index is 0. The van der Waals surface area contributed by atoms with E-state index in [0.717, 1.165) is 36.0 Å². The first-order valence-electron chi connectivity index (χ1n) is 6.67. The first-order valence-corrected chi connectivity index (χ1v) is 7.79. The van der Waals surface area contributed by atoms with E-state index in [4.69, 9.17) is 5.84 Å². The Bertz CT molecular complexity index is 332. The molecule has 0 fully saturated rings. The van der Waals surface area contributed by atoms with Gasteiger partial charge in [-0.05, 0) is 24.6 Å². The number of hydrogen-bond acceptors (Lipinski definition) is 4. The number of carbonyl (C=O) groups is 1. The van der Waals surface area contributed by atoms with Crippen molar-refractivity contribution in [2.45, 2.75) is 34.1 Å². The van der Waals surface area contributed by atoms with Crippen molar-refractivity contribution in [2.75, 3.05) is 22.6 Å². The number of benzene rings is 1. The van der Waals surface area contributed by atoms with Gasteiger partial charge in [0.25, 0.3) is 0 Å². The van der Waals surface area contributed by atoms with Gasteiger partial charge < -0.3 is 10.7 Å². The standard InChI is InChI=1S/C10H14BrN3O.2C2H6/c11-4-1-5-13-9-3-2-8(7-15)6-10(9)14-12;2*1-2/h2-3,6-7,13-14H,1,4-5,12H2;2*1-2H3. The highest BCUT2D eigenvalue weighted by molar-refractivity contribution is 9.09. The van der Waals surface area contributed by atoms with Crippen molar-refractivity contribution < 1.29 is 4.79 Å². The van der Waals surface area contributed by atoms with Crippen molar-refractivity contribution in [2.24, 2.45) is 5.84 Å². The summed E-state index contributed by atoms with van der Waals surface area (Å²) in [4.78, 5) is 10.6. The molecule has 0 heterocycles. The third kappa shape index (κ3) is 8.61. The maximum absolute atomic E-state index is 10.6. The smallest absolute Gasteiger partial charge is 0.150 e. The maximum Gasteiger partial charge on any atom is 0.150 e. The Labute approximate surface area is 125 Å². The summed E-state index contributed by atoms with van der Waals surface area (Å²) in [7, 11) is 0. The second kappa shape index (κ2) is 15.0. The van der Waals surface area contributed by atoms with Crippen molar-refractivity contribution in [1.82, 2.24) is 0 Å². The normalized spacial score (nSPS) is 8.32. The third-order valence-electron chi connectivity index (χ3n) is 1.96. The third-order valence-corrected chi connectivity index (χ3v) is 2.52. The lowest BCUT2D eigenvalue weighted by molar-refractivity contribution is 0.112. The van der Waals surface area contributed by atoms with Crippen LogP contribution in [0.5, 0.6) is 0 Å². The van der Waals surface area contributed by atoms with Crippen LogP contribution < -0.4 is 16.6 Å². The van der Waals surface area contributed by atoms with Crippen molar-refractivity contribution >= 4 is 33.6 Å². The predicted molar refractivity (Wildman–Crippen MR) is 89.2 cm³/mol. The van der Waals surface area contributed by atoms with Gasteiger partial charge >= 0.3 is 0 Å². The molecule has 1 aromatic rings. The van der Waals surface area contributed by atoms with E-state index in [1.807, 2.05) is 33.8 Å². The highest BCUT2D eigenvalue weighted by atomic mass is 79.9. The summed E-state index contributed by atoms with van der Waals surface area (Å²) >= 11 is 3.35. The highest BCUT2D eigenvalue weighted by Gasteiger charge is 2.01. The fourth-order valence-corrected chi connectivity index (χ4v) is 1.48. The average molecular weight is 332 g/mol. The number of aldehydes is 1. The summed E-state index contributed by atoms with van der Waals surface area (Å²) in [5, 5.41) is 4.18. The van der Waals surface area contributed by atoms with Crippen molar-refractivity contribution in [3.63, 3.8) is 0 Å². The summed E-state index contributed by atoms with van der Waals surface area (Å²) < 4.78 is 0. The van der Waals surface area contributed by atoms with Gasteiger partial charge in [0.15, 0.2) is 0 Å². The zero-order valence-electron chi connectivity index (χ0n) is 12.3. The molecule has 0 aliphatic heterocycles. The molecule has 110 valence electrons. The largest absolute Gasteiger partial charge is 0.383 e. The molecule has 0 saturated carbocycles. The van der Waals surface area contributed by atoms with E-state index in [0.29, 0.717) is 5.56 Å². The summed E-state index contributed by atoms with van der Waals surface area (Å²) in [5.74, 6) is 5.36. The number of anilines is 2. The van der Waals surface area contributed by atoms with Gasteiger partial charge in [-0.3, -0.25) is 10.6 Å². The lowest BCUT2D eigenvalue weighted by atomic mass is 10.2. The van der Waals surface area contributed by atoms with Gasteiger partial charge in [0.1, 0.15) is 6.29 Å². The van der Waals surface area contributed by atoms with Crippen LogP contribution in [0.25, 0.3) is 0 Å². The molecule has 0 aromatic heterocycles. The second-order valence-corrected chi connectivity index (χ2v) is 3.83. The molecule has 5 heteroatoms. The molecule has 0 bridgehead atoms. The molecule has 0 radical (unpaired) electrons. The Morgan fingerprint density at radius 1 is 1.21 bits per heavy atom. The predicted octanol–water partition coefficient (Wildman–Crippen LogP) is 4.03. The second-order valence-electron chi connectivity index (χ2n) is 3.04. The molecule has 4 nitrogen and oxygen atoms in total. The molecule has 19 heavy (non-hydrogen) atoms. The lowest BCUT2D eigenvalue weighted by Crippen LogP contribution is -2.11. The van der Waals surface area contributed by atoms with Gasteiger partial charge in [-0.25, -0.2) is 0 Å². The molecular weight excluding hydrogens is 306 g/mol. The van der Waals surface area contributed by atoms with Crippen LogP contribution in [0.3, 0.4) is 0 Å². The minimum absolute atomic E-state index is 0.606. The van der Waals surface area contributed by atoms with Gasteiger partial charge in [-0.1, -0.05) is 43.6 Å². The summed E-state index contributed by atoms with van der Waals surface area (Å²) in [6.45, 7) is 8.86. The van der Waals surface area contributed by atoms with E-state index in [9.17, 15) is 4.79 Å². The number of halogens is 1. The van der Waals surface area contributed by atoms with E-state index >= 15 is 0 Å². The van der Waals surface area contributed by atoms with Crippen LogP contribution in [0.4, 0.5) is 11.4 Å². The number of hydrogen-bond donors (Lipinski definition) is 3. The van der Waals surface area contributed by atoms with Gasteiger partial charge in [-0.15, -0.1) is 0 Å². The number of nitrogens with two attached hydrogens (primary N) is 1. The molecule has 0 aliphatic rings. The number of carbonyl (C=O) groups excluding carboxylic acids is 1. The Kier molecular flexibility index (Phi) is 16.0. The van der Waals surface area contributed by atoms with Gasteiger partial charge in [0.05, 0.1) is 11.4 Å². The summed E-state index contributed by atoms with van der Waals surface area (Å²) in [6, 6.07) is 5.31. The number of alkyl halides is 1. The lowest BCUT2D eigenvalue weighted by Gasteiger charge is -2.11. The van der Waals surface area contributed by atoms with Gasteiger partial charge in [-0.2, -0.15) is 0 Å². The van der Waals surface area contributed by atoms with Crippen LogP contribution in [-0.2, 0) is 0 Å². The number of nitrogens with one attached hydrogen (secondary N) is 2. The molecule has 0 spiro atoms. The fraction of sp³-hybridized carbons (Fsp3) is 0.500. The van der Waals surface area contributed by atoms with Crippen LogP contribution in [0.2, 0.25) is 0 Å². The highest BCUT2D eigenvalue weighted by Crippen LogP contribution is 2.21. The summed E-state index contributed by atoms with van der Waals surface area (Å²) in [5.41, 5.74) is 4.81. The molecule has 0 unspecified atom stereocenters. The van der Waals surface area contributed by atoms with Crippen molar-refractivity contribution in [1.29, 1.82) is 0 Å². The van der Waals surface area contributed by atoms with Crippen molar-refractivity contribution in [3.8, 4) is 0 Å². The van der Waals surface area contributed by atoms with E-state index in [1.165, 1.54) is 0 Å². The zero-order valence-corrected chi connectivity index (χ0v) is 13.9. The van der Waals surface area contributed by atoms with Gasteiger partial charge in [0.2, 0.25) is 0 Å². The van der Waals surface area contributed by atoms with Gasteiger partial charge in [0, 0.05) is 17.4 Å². The molecular formula is C14H26BrN3O. The monoisotopic (exact) mass is 331 g/mol. The van der Waals surface area contributed by atoms with Crippen LogP contribution in [-0.4, -0.2) is 18.2 Å². The first kappa shape index (κ1) is 20.3. The van der Waals surface area contributed by atoms with E-state index in [-0.39, 0.29) is 0 Å². The SMILES string of the molecule is CC.CC.NNc1cc(C=O)ccc1NCCCBr. The van der Waals surface area contributed by atoms with E-state index in [1.54, 1.807) is 12.1 Å². The Morgan fingerprint density at radius 3 is 2.32 bits per heavy atom. The molecule has 0 saturated heterocycles. The molecule has 0 amide bonds. The fourth-order valence-electron chi connectivity index (χ4n) is 1.20. The topological polar surface area (TPSA) is 67.1 Å². The molecule has 4 N–H and O–H groups in total. The van der Waals surface area contributed by atoms with Crippen LogP contribution >= 0.6 is 15.9 Å². The molecule has 0 atom stereocenters. The minimum atomic E-state index is 0.606. The van der Waals surface area contributed by atoms with E-state index < -0.39 is 0 Å². The maximum atomic E-state index is 10.6. The molecule has 1 aromatic carbocycles. The molecule has 1 rings (SSSR count). The van der Waals surface area contributed by atoms with Crippen molar-refractivity contribution in [3.05, 3.63) is 23.8 Å². The van der Waals surface area contributed by atoms with E-state index in [2.05, 4.69) is 26.7 Å². The van der Waals surface area contributed by atoms with Crippen LogP contribution in [0.1, 0.15) is 44.5 Å². The number of rotatable bonds is 6. The quantitative estimate of drug-likeness (QED) is 0.242. The van der Waals surface area contributed by atoms with Crippen LogP contribution in [0.15, 0.2) is 18.2 Å². The Morgan fingerprint density at radius 2 is 1.84 bits per heavy atom. The average Bonchev–Trinajstić information content (AvgIpc) is 2.51. The Hall–Kier alpha value is -1.07. The van der Waals surface area contributed by atoms with Crippen LogP contribution in [0, 0.1) is 0 Å². The zero-order chi connectivity index (χ0) is 15.1. The first-order chi connectivity index (χ1) is 9.31.